The summed E-state index contributed by atoms with van der Waals surface area (Å²) < 4.78 is 26.7. The number of sulfonamides is 1. The molecular weight excluding hydrogens is 304 g/mol. The third-order valence-corrected chi connectivity index (χ3v) is 4.82. The van der Waals surface area contributed by atoms with Crippen molar-refractivity contribution in [1.29, 1.82) is 0 Å². The minimum atomic E-state index is -3.85. The van der Waals surface area contributed by atoms with E-state index >= 15 is 0 Å². The maximum absolute atomic E-state index is 12.1. The highest BCUT2D eigenvalue weighted by atomic mass is 35.5. The summed E-state index contributed by atoms with van der Waals surface area (Å²) in [4.78, 5) is 12.5. The van der Waals surface area contributed by atoms with Gasteiger partial charge in [-0.05, 0) is 39.2 Å². The van der Waals surface area contributed by atoms with E-state index in [4.69, 9.17) is 16.7 Å². The molecule has 1 unspecified atom stereocenters. The van der Waals surface area contributed by atoms with Crippen LogP contribution in [-0.2, 0) is 10.0 Å². The van der Waals surface area contributed by atoms with Crippen LogP contribution in [0.25, 0.3) is 0 Å². The molecule has 0 aliphatic carbocycles. The molecule has 1 aromatic rings. The van der Waals surface area contributed by atoms with Crippen LogP contribution in [0.1, 0.15) is 17.3 Å². The topological polar surface area (TPSA) is 86.7 Å². The minimum absolute atomic E-state index is 0.00814. The van der Waals surface area contributed by atoms with Crippen LogP contribution in [0.3, 0.4) is 0 Å². The van der Waals surface area contributed by atoms with E-state index in [0.29, 0.717) is 0 Å². The van der Waals surface area contributed by atoms with Gasteiger partial charge in [-0.3, -0.25) is 0 Å². The Morgan fingerprint density at radius 2 is 2.05 bits per heavy atom. The molecule has 112 valence electrons. The Bertz CT molecular complexity index is 601. The Labute approximate surface area is 123 Å². The van der Waals surface area contributed by atoms with Crippen LogP contribution < -0.4 is 4.72 Å². The van der Waals surface area contributed by atoms with Gasteiger partial charge in [-0.1, -0.05) is 11.6 Å². The SMILES string of the molecule is CC(CNS(=O)(=O)c1cc(C(=O)O)ccc1Cl)N(C)C. The van der Waals surface area contributed by atoms with Crippen LogP contribution in [0.5, 0.6) is 0 Å². The van der Waals surface area contributed by atoms with Gasteiger partial charge in [0.15, 0.2) is 0 Å². The fourth-order valence-electron chi connectivity index (χ4n) is 1.33. The molecule has 0 aromatic heterocycles. The van der Waals surface area contributed by atoms with Crippen molar-refractivity contribution >= 4 is 27.6 Å². The van der Waals surface area contributed by atoms with Crippen LogP contribution >= 0.6 is 11.6 Å². The molecule has 2 N–H and O–H groups in total. The summed E-state index contributed by atoms with van der Waals surface area (Å²) >= 11 is 5.84. The van der Waals surface area contributed by atoms with Crippen molar-refractivity contribution < 1.29 is 18.3 Å². The van der Waals surface area contributed by atoms with E-state index in [1.807, 2.05) is 25.9 Å². The number of likely N-dealkylation sites (N-methyl/N-ethyl adjacent to an activating group) is 1. The lowest BCUT2D eigenvalue weighted by Gasteiger charge is -2.20. The predicted molar refractivity (Wildman–Crippen MR) is 76.7 cm³/mol. The molecule has 8 heteroatoms. The standard InChI is InChI=1S/C12H17ClN2O4S/c1-8(15(2)3)7-14-20(18,19)11-6-9(12(16)17)4-5-10(11)13/h4-6,8,14H,7H2,1-3H3,(H,16,17). The number of hydrogen-bond donors (Lipinski definition) is 2. The summed E-state index contributed by atoms with van der Waals surface area (Å²) in [5.74, 6) is -1.21. The highest BCUT2D eigenvalue weighted by Gasteiger charge is 2.21. The quantitative estimate of drug-likeness (QED) is 0.824. The lowest BCUT2D eigenvalue weighted by Crippen LogP contribution is -2.38. The van der Waals surface area contributed by atoms with Gasteiger partial charge in [0.05, 0.1) is 10.6 Å². The molecule has 1 aromatic carbocycles. The molecule has 1 atom stereocenters. The van der Waals surface area contributed by atoms with Crippen LogP contribution in [0.15, 0.2) is 23.1 Å². The maximum Gasteiger partial charge on any atom is 0.335 e. The van der Waals surface area contributed by atoms with Gasteiger partial charge in [-0.25, -0.2) is 17.9 Å². The molecule has 0 aliphatic rings. The van der Waals surface area contributed by atoms with E-state index in [1.54, 1.807) is 0 Å². The van der Waals surface area contributed by atoms with Gasteiger partial charge in [-0.15, -0.1) is 0 Å². The summed E-state index contributed by atoms with van der Waals surface area (Å²) in [6.45, 7) is 2.06. The van der Waals surface area contributed by atoms with Crippen molar-refractivity contribution in [3.8, 4) is 0 Å². The molecule has 1 rings (SSSR count). The summed E-state index contributed by atoms with van der Waals surface area (Å²) in [5, 5.41) is 8.88. The highest BCUT2D eigenvalue weighted by Crippen LogP contribution is 2.22. The van der Waals surface area contributed by atoms with Gasteiger partial charge >= 0.3 is 5.97 Å². The van der Waals surface area contributed by atoms with Crippen molar-refractivity contribution in [3.63, 3.8) is 0 Å². The zero-order valence-corrected chi connectivity index (χ0v) is 13.0. The third-order valence-electron chi connectivity index (χ3n) is 2.92. The van der Waals surface area contributed by atoms with Crippen LogP contribution in [0, 0.1) is 0 Å². The monoisotopic (exact) mass is 320 g/mol. The molecule has 0 heterocycles. The van der Waals surface area contributed by atoms with Gasteiger partial charge in [0, 0.05) is 12.6 Å². The van der Waals surface area contributed by atoms with E-state index in [9.17, 15) is 13.2 Å². The molecule has 0 radical (unpaired) electrons. The molecular formula is C12H17ClN2O4S. The van der Waals surface area contributed by atoms with Crippen LogP contribution in [0.2, 0.25) is 5.02 Å². The number of nitrogens with one attached hydrogen (secondary N) is 1. The number of rotatable bonds is 6. The van der Waals surface area contributed by atoms with Crippen molar-refractivity contribution in [2.24, 2.45) is 0 Å². The number of carboxylic acids is 1. The average molecular weight is 321 g/mol. The summed E-state index contributed by atoms with van der Waals surface area (Å²) in [6, 6.07) is 3.56. The minimum Gasteiger partial charge on any atom is -0.478 e. The fraction of sp³-hybridized carbons (Fsp3) is 0.417. The maximum atomic E-state index is 12.1. The number of nitrogens with zero attached hydrogens (tertiary/aromatic N) is 1. The Kier molecular flexibility index (Phi) is 5.52. The molecule has 0 amide bonds. The van der Waals surface area contributed by atoms with E-state index in [2.05, 4.69) is 4.72 Å². The molecule has 0 saturated carbocycles. The molecule has 0 fully saturated rings. The van der Waals surface area contributed by atoms with E-state index < -0.39 is 16.0 Å². The van der Waals surface area contributed by atoms with Crippen molar-refractivity contribution in [2.45, 2.75) is 17.9 Å². The molecule has 0 aliphatic heterocycles. The second-order valence-corrected chi connectivity index (χ2v) is 6.76. The Morgan fingerprint density at radius 1 is 1.45 bits per heavy atom. The third kappa shape index (κ3) is 4.17. The summed E-state index contributed by atoms with van der Waals surface area (Å²) in [6.07, 6.45) is 0. The fourth-order valence-corrected chi connectivity index (χ4v) is 2.98. The molecule has 6 nitrogen and oxygen atoms in total. The zero-order valence-electron chi connectivity index (χ0n) is 11.4. The number of hydrogen-bond acceptors (Lipinski definition) is 4. The smallest absolute Gasteiger partial charge is 0.335 e. The van der Waals surface area contributed by atoms with Gasteiger partial charge in [-0.2, -0.15) is 0 Å². The average Bonchev–Trinajstić information content (AvgIpc) is 2.35. The summed E-state index contributed by atoms with van der Waals surface area (Å²) in [5.41, 5.74) is -0.129. The predicted octanol–water partition coefficient (Wildman–Crippen LogP) is 1.27. The Balaban J connectivity index is 3.03. The number of benzene rings is 1. The van der Waals surface area contributed by atoms with Crippen molar-refractivity contribution in [3.05, 3.63) is 28.8 Å². The lowest BCUT2D eigenvalue weighted by molar-refractivity contribution is 0.0696. The number of aromatic carboxylic acids is 1. The Hall–Kier alpha value is -1.15. The second kappa shape index (κ2) is 6.53. The first-order valence-corrected chi connectivity index (χ1v) is 7.70. The summed E-state index contributed by atoms with van der Waals surface area (Å²) in [7, 11) is -0.187. The zero-order chi connectivity index (χ0) is 15.5. The first-order chi connectivity index (χ1) is 9.15. The van der Waals surface area contributed by atoms with Gasteiger partial charge < -0.3 is 10.0 Å². The molecule has 20 heavy (non-hydrogen) atoms. The number of carboxylic acid groups (broad SMARTS) is 1. The molecule has 0 saturated heterocycles. The van der Waals surface area contributed by atoms with Crippen LogP contribution in [-0.4, -0.2) is 51.1 Å². The van der Waals surface area contributed by atoms with Crippen LogP contribution in [0.4, 0.5) is 0 Å². The largest absolute Gasteiger partial charge is 0.478 e. The van der Waals surface area contributed by atoms with E-state index in [0.717, 1.165) is 6.07 Å². The van der Waals surface area contributed by atoms with Gasteiger partial charge in [0.1, 0.15) is 4.90 Å². The molecule has 0 spiro atoms. The number of halogens is 1. The van der Waals surface area contributed by atoms with Crippen molar-refractivity contribution in [1.82, 2.24) is 9.62 Å². The highest BCUT2D eigenvalue weighted by molar-refractivity contribution is 7.89. The normalized spacial score (nSPS) is 13.4. The van der Waals surface area contributed by atoms with E-state index in [-0.39, 0.29) is 28.1 Å². The van der Waals surface area contributed by atoms with Crippen molar-refractivity contribution in [2.75, 3.05) is 20.6 Å². The first-order valence-electron chi connectivity index (χ1n) is 5.84. The second-order valence-electron chi connectivity index (χ2n) is 4.61. The van der Waals surface area contributed by atoms with E-state index in [1.165, 1.54) is 12.1 Å². The number of carbonyl (C=O) groups is 1. The first kappa shape index (κ1) is 16.9. The van der Waals surface area contributed by atoms with Gasteiger partial charge in [0.25, 0.3) is 0 Å². The Morgan fingerprint density at radius 3 is 2.55 bits per heavy atom. The lowest BCUT2D eigenvalue weighted by atomic mass is 10.2. The molecule has 0 bridgehead atoms. The van der Waals surface area contributed by atoms with Gasteiger partial charge in [0.2, 0.25) is 10.0 Å².